The molecule has 3 rings (SSSR count). The van der Waals surface area contributed by atoms with Crippen molar-refractivity contribution in [3.63, 3.8) is 0 Å². The van der Waals surface area contributed by atoms with Gasteiger partial charge in [-0.05, 0) is 42.0 Å². The Labute approximate surface area is 191 Å². The van der Waals surface area contributed by atoms with E-state index in [0.717, 1.165) is 5.56 Å². The number of carbonyl (C=O) groups excluding carboxylic acids is 1. The van der Waals surface area contributed by atoms with Gasteiger partial charge in [-0.1, -0.05) is 30.3 Å². The molecule has 0 saturated carbocycles. The van der Waals surface area contributed by atoms with Crippen LogP contribution < -0.4 is 19.5 Å². The Morgan fingerprint density at radius 3 is 2.58 bits per heavy atom. The zero-order chi connectivity index (χ0) is 23.6. The van der Waals surface area contributed by atoms with Crippen LogP contribution in [-0.4, -0.2) is 20.1 Å². The summed E-state index contributed by atoms with van der Waals surface area (Å²) in [6, 6.07) is 20.3. The van der Waals surface area contributed by atoms with Gasteiger partial charge in [-0.25, -0.2) is 4.39 Å². The number of methoxy groups -OCH3 is 2. The molecule has 0 aliphatic rings. The molecule has 0 bridgehead atoms. The standard InChI is InChI=1S/C26H23FN2O4/c1-31-23-11-10-20(25(14-23)32-2)16-29-26(30)21(15-28)13-19-7-3-4-9-24(19)33-17-18-6-5-8-22(27)12-18/h3-14H,16-17H2,1-2H3,(H,29,30)/b21-13+. The van der Waals surface area contributed by atoms with Gasteiger partial charge in [0.15, 0.2) is 0 Å². The number of amides is 1. The first-order valence-corrected chi connectivity index (χ1v) is 10.1. The minimum Gasteiger partial charge on any atom is -0.497 e. The maximum Gasteiger partial charge on any atom is 0.262 e. The average Bonchev–Trinajstić information content (AvgIpc) is 2.85. The highest BCUT2D eigenvalue weighted by atomic mass is 19.1. The summed E-state index contributed by atoms with van der Waals surface area (Å²) in [6.45, 7) is 0.316. The number of nitrogens with one attached hydrogen (secondary N) is 1. The lowest BCUT2D eigenvalue weighted by Gasteiger charge is -2.12. The second kappa shape index (κ2) is 11.3. The Morgan fingerprint density at radius 2 is 1.85 bits per heavy atom. The molecule has 0 aliphatic heterocycles. The van der Waals surface area contributed by atoms with Gasteiger partial charge in [0.2, 0.25) is 0 Å². The number of rotatable bonds is 9. The summed E-state index contributed by atoms with van der Waals surface area (Å²) in [5, 5.41) is 12.3. The van der Waals surface area contributed by atoms with Crippen LogP contribution in [0, 0.1) is 17.1 Å². The topological polar surface area (TPSA) is 80.6 Å². The largest absolute Gasteiger partial charge is 0.497 e. The Morgan fingerprint density at radius 1 is 1.03 bits per heavy atom. The number of benzene rings is 3. The predicted molar refractivity (Wildman–Crippen MR) is 122 cm³/mol. The summed E-state index contributed by atoms with van der Waals surface area (Å²) in [5.74, 6) is 0.790. The normalized spacial score (nSPS) is 10.8. The Bertz CT molecular complexity index is 1200. The van der Waals surface area contributed by atoms with Gasteiger partial charge in [-0.3, -0.25) is 4.79 Å². The lowest BCUT2D eigenvalue weighted by Crippen LogP contribution is -2.24. The number of halogens is 1. The molecule has 0 aromatic heterocycles. The monoisotopic (exact) mass is 446 g/mol. The fourth-order valence-corrected chi connectivity index (χ4v) is 3.09. The molecule has 0 heterocycles. The molecule has 0 atom stereocenters. The maximum atomic E-state index is 13.4. The first-order valence-electron chi connectivity index (χ1n) is 10.1. The molecule has 0 unspecified atom stereocenters. The summed E-state index contributed by atoms with van der Waals surface area (Å²) in [4.78, 5) is 12.7. The SMILES string of the molecule is COc1ccc(CNC(=O)/C(C#N)=C/c2ccccc2OCc2cccc(F)c2)c(OC)c1. The summed E-state index contributed by atoms with van der Waals surface area (Å²) in [5.41, 5.74) is 1.88. The molecule has 6 nitrogen and oxygen atoms in total. The first-order chi connectivity index (χ1) is 16.0. The van der Waals surface area contributed by atoms with E-state index < -0.39 is 5.91 Å². The molecular formula is C26H23FN2O4. The average molecular weight is 446 g/mol. The third-order valence-electron chi connectivity index (χ3n) is 4.80. The van der Waals surface area contributed by atoms with E-state index in [4.69, 9.17) is 14.2 Å². The van der Waals surface area contributed by atoms with Crippen LogP contribution in [0.1, 0.15) is 16.7 Å². The second-order valence-corrected chi connectivity index (χ2v) is 6.99. The van der Waals surface area contributed by atoms with E-state index in [-0.39, 0.29) is 24.5 Å². The summed E-state index contributed by atoms with van der Waals surface area (Å²) >= 11 is 0. The van der Waals surface area contributed by atoms with Crippen LogP contribution in [0.15, 0.2) is 72.3 Å². The van der Waals surface area contributed by atoms with Crippen molar-refractivity contribution in [2.24, 2.45) is 0 Å². The molecule has 0 saturated heterocycles. The number of carbonyl (C=O) groups is 1. The molecule has 0 aliphatic carbocycles. The summed E-state index contributed by atoms with van der Waals surface area (Å²) < 4.78 is 29.7. The van der Waals surface area contributed by atoms with E-state index >= 15 is 0 Å². The lowest BCUT2D eigenvalue weighted by atomic mass is 10.1. The fourth-order valence-electron chi connectivity index (χ4n) is 3.09. The molecule has 3 aromatic carbocycles. The van der Waals surface area contributed by atoms with E-state index in [9.17, 15) is 14.4 Å². The van der Waals surface area contributed by atoms with Crippen LogP contribution in [0.2, 0.25) is 0 Å². The van der Waals surface area contributed by atoms with Crippen molar-refractivity contribution in [2.75, 3.05) is 14.2 Å². The summed E-state index contributed by atoms with van der Waals surface area (Å²) in [6.07, 6.45) is 1.46. The number of hydrogen-bond donors (Lipinski definition) is 1. The number of hydrogen-bond acceptors (Lipinski definition) is 5. The molecule has 0 radical (unpaired) electrons. The van der Waals surface area contributed by atoms with E-state index in [1.165, 1.54) is 25.3 Å². The van der Waals surface area contributed by atoms with E-state index in [2.05, 4.69) is 5.32 Å². The highest BCUT2D eigenvalue weighted by Crippen LogP contribution is 2.25. The number of nitriles is 1. The maximum absolute atomic E-state index is 13.4. The molecule has 0 spiro atoms. The first kappa shape index (κ1) is 23.4. The van der Waals surface area contributed by atoms with Crippen LogP contribution in [0.5, 0.6) is 17.2 Å². The second-order valence-electron chi connectivity index (χ2n) is 6.99. The number of para-hydroxylation sites is 1. The van der Waals surface area contributed by atoms with Gasteiger partial charge in [-0.2, -0.15) is 5.26 Å². The molecule has 33 heavy (non-hydrogen) atoms. The Hall–Kier alpha value is -4.31. The van der Waals surface area contributed by atoms with Gasteiger partial charge in [0, 0.05) is 23.7 Å². The van der Waals surface area contributed by atoms with Crippen LogP contribution >= 0.6 is 0 Å². The molecule has 1 N–H and O–H groups in total. The fraction of sp³-hybridized carbons (Fsp3) is 0.154. The third-order valence-corrected chi connectivity index (χ3v) is 4.80. The van der Waals surface area contributed by atoms with Crippen LogP contribution in [-0.2, 0) is 17.9 Å². The zero-order valence-electron chi connectivity index (χ0n) is 18.3. The van der Waals surface area contributed by atoms with Crippen molar-refractivity contribution >= 4 is 12.0 Å². The van der Waals surface area contributed by atoms with Gasteiger partial charge in [0.1, 0.15) is 41.3 Å². The van der Waals surface area contributed by atoms with Crippen LogP contribution in [0.4, 0.5) is 4.39 Å². The lowest BCUT2D eigenvalue weighted by molar-refractivity contribution is -0.117. The number of ether oxygens (including phenoxy) is 3. The van der Waals surface area contributed by atoms with Crippen molar-refractivity contribution < 1.29 is 23.4 Å². The Balaban J connectivity index is 1.72. The van der Waals surface area contributed by atoms with Crippen LogP contribution in [0.25, 0.3) is 6.08 Å². The molecule has 7 heteroatoms. The van der Waals surface area contributed by atoms with Gasteiger partial charge < -0.3 is 19.5 Å². The number of nitrogens with zero attached hydrogens (tertiary/aromatic N) is 1. The quantitative estimate of drug-likeness (QED) is 0.382. The van der Waals surface area contributed by atoms with Crippen molar-refractivity contribution in [3.05, 3.63) is 94.8 Å². The Kier molecular flexibility index (Phi) is 8.03. The van der Waals surface area contributed by atoms with Gasteiger partial charge in [0.05, 0.1) is 14.2 Å². The molecule has 3 aromatic rings. The van der Waals surface area contributed by atoms with Crippen molar-refractivity contribution in [1.29, 1.82) is 5.26 Å². The molecular weight excluding hydrogens is 423 g/mol. The van der Waals surface area contributed by atoms with E-state index in [1.54, 1.807) is 61.7 Å². The zero-order valence-corrected chi connectivity index (χ0v) is 18.3. The van der Waals surface area contributed by atoms with Crippen LogP contribution in [0.3, 0.4) is 0 Å². The highest BCUT2D eigenvalue weighted by Gasteiger charge is 2.13. The highest BCUT2D eigenvalue weighted by molar-refractivity contribution is 6.01. The van der Waals surface area contributed by atoms with Gasteiger partial charge in [-0.15, -0.1) is 0 Å². The van der Waals surface area contributed by atoms with Crippen molar-refractivity contribution in [3.8, 4) is 23.3 Å². The third kappa shape index (κ3) is 6.34. The minimum absolute atomic E-state index is 0.0794. The van der Waals surface area contributed by atoms with E-state index in [0.29, 0.717) is 28.4 Å². The van der Waals surface area contributed by atoms with Crippen molar-refractivity contribution in [1.82, 2.24) is 5.32 Å². The van der Waals surface area contributed by atoms with Crippen molar-refractivity contribution in [2.45, 2.75) is 13.2 Å². The van der Waals surface area contributed by atoms with Gasteiger partial charge in [0.25, 0.3) is 5.91 Å². The minimum atomic E-state index is -0.532. The van der Waals surface area contributed by atoms with E-state index in [1.807, 2.05) is 6.07 Å². The predicted octanol–water partition coefficient (Wildman–Crippen LogP) is 4.65. The smallest absolute Gasteiger partial charge is 0.262 e. The molecule has 168 valence electrons. The molecule has 1 amide bonds. The molecule has 0 fully saturated rings. The summed E-state index contributed by atoms with van der Waals surface area (Å²) in [7, 11) is 3.08. The van der Waals surface area contributed by atoms with Gasteiger partial charge >= 0.3 is 0 Å².